The Morgan fingerprint density at radius 1 is 1.46 bits per heavy atom. The average Bonchev–Trinajstić information content (AvgIpc) is 1.86. The summed E-state index contributed by atoms with van der Waals surface area (Å²) in [5.74, 6) is 0.0358. The number of hydrogen-bond donors (Lipinski definition) is 4. The van der Waals surface area contributed by atoms with E-state index in [-0.39, 0.29) is 29.0 Å². The molecule has 0 aromatic heterocycles. The highest BCUT2D eigenvalue weighted by Crippen LogP contribution is 1.85. The van der Waals surface area contributed by atoms with E-state index >= 15 is 0 Å². The van der Waals surface area contributed by atoms with Gasteiger partial charge in [0, 0.05) is 6.54 Å². The summed E-state index contributed by atoms with van der Waals surface area (Å²) < 4.78 is 0. The van der Waals surface area contributed by atoms with Gasteiger partial charge in [0.25, 0.3) is 0 Å². The van der Waals surface area contributed by atoms with Crippen molar-refractivity contribution in [1.82, 2.24) is 5.32 Å². The molecule has 6 N–H and O–H groups in total. The summed E-state index contributed by atoms with van der Waals surface area (Å²) in [6.45, 7) is 2.76. The number of halogens is 2. The van der Waals surface area contributed by atoms with E-state index in [4.69, 9.17) is 16.9 Å². The highest BCUT2D eigenvalue weighted by Gasteiger charge is 1.90. The second-order valence-corrected chi connectivity index (χ2v) is 2.16. The molecule has 0 fully saturated rings. The van der Waals surface area contributed by atoms with Crippen LogP contribution in [0.4, 0.5) is 4.70 Å². The van der Waals surface area contributed by atoms with Crippen molar-refractivity contribution in [2.75, 3.05) is 6.54 Å². The molecule has 0 heterocycles. The van der Waals surface area contributed by atoms with Crippen molar-refractivity contribution in [3.05, 3.63) is 0 Å². The Labute approximate surface area is 83.3 Å². The minimum absolute atomic E-state index is 0. The van der Waals surface area contributed by atoms with Gasteiger partial charge in [0.05, 0.1) is 0 Å². The van der Waals surface area contributed by atoms with Crippen LogP contribution in [0.2, 0.25) is 0 Å². The monoisotopic (exact) mass is 213 g/mol. The van der Waals surface area contributed by atoms with Crippen LogP contribution in [0.1, 0.15) is 19.8 Å². The Morgan fingerprint density at radius 2 is 2.00 bits per heavy atom. The number of unbranched alkanes of at least 4 members (excludes halogenated alkanes) is 1. The normalized spacial score (nSPS) is 9.46. The Hall–Kier alpha value is -1.04. The van der Waals surface area contributed by atoms with Crippen LogP contribution in [0.3, 0.4) is 0 Å². The molecule has 0 rings (SSSR count). The third-order valence-electron chi connectivity index (χ3n) is 1.06. The van der Waals surface area contributed by atoms with Crippen LogP contribution in [0.25, 0.3) is 0 Å². The Morgan fingerprint density at radius 3 is 2.38 bits per heavy atom. The molecule has 0 amide bonds. The van der Waals surface area contributed by atoms with Crippen LogP contribution < -0.4 is 16.8 Å². The first kappa shape index (κ1) is 17.9. The third kappa shape index (κ3) is 13.9. The largest absolute Gasteiger partial charge is 0.370 e. The molecule has 0 radical (unpaired) electrons. The molecule has 0 spiro atoms. The SMILES string of the molecule is CCCCN=C(N)NC(=N)N.Cl.F. The minimum atomic E-state index is -0.178. The highest BCUT2D eigenvalue weighted by molar-refractivity contribution is 5.95. The van der Waals surface area contributed by atoms with Gasteiger partial charge in [-0.15, -0.1) is 12.4 Å². The molecule has 0 unspecified atom stereocenters. The molecule has 0 saturated carbocycles. The molecule has 0 saturated heterocycles. The molecule has 0 atom stereocenters. The number of nitrogens with two attached hydrogens (primary N) is 2. The molecule has 13 heavy (non-hydrogen) atoms. The molecule has 0 aliphatic carbocycles. The second kappa shape index (κ2) is 11.0. The fraction of sp³-hybridized carbons (Fsp3) is 0.667. The number of nitrogens with zero attached hydrogens (tertiary/aromatic N) is 1. The van der Waals surface area contributed by atoms with Crippen molar-refractivity contribution in [1.29, 1.82) is 5.41 Å². The van der Waals surface area contributed by atoms with Gasteiger partial charge in [-0.2, -0.15) is 0 Å². The average molecular weight is 214 g/mol. The zero-order valence-electron chi connectivity index (χ0n) is 7.54. The molecule has 0 bridgehead atoms. The lowest BCUT2D eigenvalue weighted by atomic mass is 10.3. The second-order valence-electron chi connectivity index (χ2n) is 2.16. The highest BCUT2D eigenvalue weighted by atomic mass is 35.5. The van der Waals surface area contributed by atoms with Crippen molar-refractivity contribution < 1.29 is 4.70 Å². The van der Waals surface area contributed by atoms with E-state index < -0.39 is 0 Å². The fourth-order valence-corrected chi connectivity index (χ4v) is 0.535. The van der Waals surface area contributed by atoms with Crippen molar-refractivity contribution in [3.63, 3.8) is 0 Å². The zero-order chi connectivity index (χ0) is 8.69. The number of hydrogen-bond acceptors (Lipinski definition) is 2. The Bertz CT molecular complexity index is 161. The quantitative estimate of drug-likeness (QED) is 0.305. The van der Waals surface area contributed by atoms with E-state index in [1.807, 2.05) is 0 Å². The molecular weight excluding hydrogens is 197 g/mol. The summed E-state index contributed by atoms with van der Waals surface area (Å²) in [7, 11) is 0. The third-order valence-corrected chi connectivity index (χ3v) is 1.06. The number of aliphatic imine (C=N–C) groups is 1. The zero-order valence-corrected chi connectivity index (χ0v) is 8.36. The van der Waals surface area contributed by atoms with Gasteiger partial charge in [0.15, 0.2) is 11.9 Å². The van der Waals surface area contributed by atoms with Gasteiger partial charge in [0.1, 0.15) is 0 Å². The van der Waals surface area contributed by atoms with Crippen molar-refractivity contribution in [3.8, 4) is 0 Å². The van der Waals surface area contributed by atoms with Gasteiger partial charge < -0.3 is 11.5 Å². The van der Waals surface area contributed by atoms with E-state index in [9.17, 15) is 0 Å². The predicted octanol–water partition coefficient (Wildman–Crippen LogP) is 0.159. The molecular formula is C6H17ClFN5. The first-order valence-electron chi connectivity index (χ1n) is 3.57. The topological polar surface area (TPSA) is 100 Å². The summed E-state index contributed by atoms with van der Waals surface area (Å²) in [6, 6.07) is 0. The van der Waals surface area contributed by atoms with E-state index in [2.05, 4.69) is 17.2 Å². The van der Waals surface area contributed by atoms with Gasteiger partial charge in [0.2, 0.25) is 0 Å². The van der Waals surface area contributed by atoms with Gasteiger partial charge in [-0.05, 0) is 6.42 Å². The van der Waals surface area contributed by atoms with Crippen LogP contribution in [-0.4, -0.2) is 18.5 Å². The maximum absolute atomic E-state index is 6.81. The van der Waals surface area contributed by atoms with Gasteiger partial charge in [-0.3, -0.25) is 20.4 Å². The van der Waals surface area contributed by atoms with E-state index in [1.165, 1.54) is 0 Å². The minimum Gasteiger partial charge on any atom is -0.370 e. The molecule has 7 heteroatoms. The molecule has 0 aliphatic heterocycles. The molecule has 0 aliphatic rings. The summed E-state index contributed by atoms with van der Waals surface area (Å²) >= 11 is 0. The smallest absolute Gasteiger partial charge is 0.195 e. The number of rotatable bonds is 3. The van der Waals surface area contributed by atoms with Crippen LogP contribution in [0.5, 0.6) is 0 Å². The van der Waals surface area contributed by atoms with Crippen molar-refractivity contribution >= 4 is 24.3 Å². The van der Waals surface area contributed by atoms with Crippen LogP contribution in [0, 0.1) is 5.41 Å². The van der Waals surface area contributed by atoms with Crippen LogP contribution in [0.15, 0.2) is 4.99 Å². The number of nitrogens with one attached hydrogen (secondary N) is 2. The molecule has 5 nitrogen and oxygen atoms in total. The lowest BCUT2D eigenvalue weighted by Crippen LogP contribution is -2.40. The molecule has 80 valence electrons. The Kier molecular flexibility index (Phi) is 15.1. The van der Waals surface area contributed by atoms with Crippen LogP contribution in [-0.2, 0) is 0 Å². The van der Waals surface area contributed by atoms with E-state index in [0.717, 1.165) is 12.8 Å². The fourth-order valence-electron chi connectivity index (χ4n) is 0.535. The van der Waals surface area contributed by atoms with E-state index in [0.29, 0.717) is 6.54 Å². The summed E-state index contributed by atoms with van der Waals surface area (Å²) in [5.41, 5.74) is 10.3. The summed E-state index contributed by atoms with van der Waals surface area (Å²) in [6.07, 6.45) is 2.08. The van der Waals surface area contributed by atoms with Crippen LogP contribution >= 0.6 is 12.4 Å². The summed E-state index contributed by atoms with van der Waals surface area (Å²) in [4.78, 5) is 3.92. The standard InChI is InChI=1S/C6H15N5.ClH.FH/c1-2-3-4-10-6(9)11-5(7)8;;/h2-4H2,1H3,(H6,7,8,9,10,11);2*1H. The van der Waals surface area contributed by atoms with Gasteiger partial charge in [-0.25, -0.2) is 0 Å². The predicted molar refractivity (Wildman–Crippen MR) is 56.2 cm³/mol. The number of guanidine groups is 2. The lowest BCUT2D eigenvalue weighted by molar-refractivity contribution is 0.804. The lowest BCUT2D eigenvalue weighted by Gasteiger charge is -2.00. The van der Waals surface area contributed by atoms with E-state index in [1.54, 1.807) is 0 Å². The summed E-state index contributed by atoms with van der Waals surface area (Å²) in [5, 5.41) is 9.20. The van der Waals surface area contributed by atoms with Crippen molar-refractivity contribution in [2.45, 2.75) is 19.8 Å². The maximum atomic E-state index is 6.81. The Balaban J connectivity index is -0.000000500. The maximum Gasteiger partial charge on any atom is 0.195 e. The van der Waals surface area contributed by atoms with Gasteiger partial charge in [-0.1, -0.05) is 13.3 Å². The molecule has 0 aromatic rings. The first-order chi connectivity index (χ1) is 5.16. The van der Waals surface area contributed by atoms with Gasteiger partial charge >= 0.3 is 0 Å². The molecule has 0 aromatic carbocycles. The first-order valence-corrected chi connectivity index (χ1v) is 3.57. The van der Waals surface area contributed by atoms with Crippen molar-refractivity contribution in [2.24, 2.45) is 16.5 Å².